The van der Waals surface area contributed by atoms with Gasteiger partial charge >= 0.3 is 18.2 Å². The molecule has 1 saturated heterocycles. The number of likely N-dealkylation sites (N-methyl/N-ethyl adjacent to an activating group) is 1. The molecule has 0 spiro atoms. The molecule has 76 heavy (non-hydrogen) atoms. The number of nitrogens with zero attached hydrogens (tertiary/aromatic N) is 3. The summed E-state index contributed by atoms with van der Waals surface area (Å²) in [4.78, 5) is 90.1. The van der Waals surface area contributed by atoms with Gasteiger partial charge in [-0.15, -0.1) is 11.6 Å². The molecule has 0 unspecified atom stereocenters. The zero-order valence-electron chi connectivity index (χ0n) is 42.6. The van der Waals surface area contributed by atoms with Gasteiger partial charge in [0.05, 0.1) is 5.69 Å². The zero-order chi connectivity index (χ0) is 53.3. The molecule has 2 aliphatic heterocycles. The minimum absolute atomic E-state index is 0.0340. The summed E-state index contributed by atoms with van der Waals surface area (Å²) in [7, 11) is 2.02. The molecule has 2 atom stereocenters. The standard InChI is InChI=1S/C59H58ClN7O9/c1-59(2,3)76-52(68)24-23-48(64-57(72)74-34-46-42-13-7-5-11-40(42)41-12-6-8-14-43(41)46)55(70)61-38-19-17-35(18-20-38)54(69)62-39-21-22-47-36(29-39)30-49(63-47)56(71)67-33-37(32-60)53-45-16-10-9-15-44(45)51(31-50(53)67)75-58(73)66-27-25-65(4)26-28-66/h5-22,29-31,37,46,48,63H,23-28,32-34H2,1-4H3,(H,61,70)(H,62,69)(H,64,72)/t37-,48+/m1/s1. The van der Waals surface area contributed by atoms with Crippen LogP contribution in [0.5, 0.6) is 5.75 Å². The zero-order valence-corrected chi connectivity index (χ0v) is 43.4. The van der Waals surface area contributed by atoms with E-state index in [-0.39, 0.29) is 43.1 Å². The minimum atomic E-state index is -1.17. The van der Waals surface area contributed by atoms with Crippen molar-refractivity contribution in [2.75, 3.05) is 67.8 Å². The highest BCUT2D eigenvalue weighted by atomic mass is 35.5. The molecule has 3 aliphatic rings. The van der Waals surface area contributed by atoms with Crippen LogP contribution in [0, 0.1) is 0 Å². The van der Waals surface area contributed by atoms with Gasteiger partial charge in [-0.2, -0.15) is 0 Å². The summed E-state index contributed by atoms with van der Waals surface area (Å²) >= 11 is 6.57. The van der Waals surface area contributed by atoms with Crippen LogP contribution in [0.2, 0.25) is 0 Å². The number of carbonyl (C=O) groups is 6. The number of piperazine rings is 1. The maximum Gasteiger partial charge on any atom is 0.415 e. The van der Waals surface area contributed by atoms with Gasteiger partial charge in [-0.3, -0.25) is 19.2 Å². The first kappa shape index (κ1) is 51.3. The van der Waals surface area contributed by atoms with Crippen LogP contribution >= 0.6 is 11.6 Å². The Morgan fingerprint density at radius 2 is 1.42 bits per heavy atom. The topological polar surface area (TPSA) is 192 Å². The Kier molecular flexibility index (Phi) is 14.5. The first-order valence-electron chi connectivity index (χ1n) is 25.4. The number of alkyl halides is 1. The van der Waals surface area contributed by atoms with Gasteiger partial charge in [-0.25, -0.2) is 9.59 Å². The number of aromatic nitrogens is 1. The highest BCUT2D eigenvalue weighted by Crippen LogP contribution is 2.47. The van der Waals surface area contributed by atoms with Crippen molar-refractivity contribution in [3.63, 3.8) is 0 Å². The van der Waals surface area contributed by atoms with Crippen LogP contribution in [0.4, 0.5) is 26.7 Å². The van der Waals surface area contributed by atoms with Crippen LogP contribution in [0.3, 0.4) is 0 Å². The Labute approximate surface area is 444 Å². The number of aromatic amines is 1. The number of H-pyrrole nitrogens is 1. The first-order chi connectivity index (χ1) is 36.6. The Morgan fingerprint density at radius 3 is 2.11 bits per heavy atom. The van der Waals surface area contributed by atoms with Crippen molar-refractivity contribution in [2.45, 2.75) is 57.1 Å². The van der Waals surface area contributed by atoms with E-state index in [4.69, 9.17) is 25.8 Å². The number of nitrogens with one attached hydrogen (secondary N) is 4. The van der Waals surface area contributed by atoms with Crippen molar-refractivity contribution in [1.29, 1.82) is 0 Å². The van der Waals surface area contributed by atoms with E-state index in [0.29, 0.717) is 64.6 Å². The highest BCUT2D eigenvalue weighted by molar-refractivity contribution is 6.19. The molecular formula is C59H58ClN7O9. The van der Waals surface area contributed by atoms with Gasteiger partial charge in [0, 0.05) is 96.2 Å². The van der Waals surface area contributed by atoms with Crippen molar-refractivity contribution in [3.8, 4) is 16.9 Å². The summed E-state index contributed by atoms with van der Waals surface area (Å²) in [5, 5.41) is 10.7. The van der Waals surface area contributed by atoms with Gasteiger partial charge in [0.15, 0.2) is 0 Å². The smallest absolute Gasteiger partial charge is 0.415 e. The van der Waals surface area contributed by atoms with E-state index in [1.807, 2.05) is 79.8 Å². The number of esters is 1. The number of hydrogen-bond acceptors (Lipinski definition) is 10. The van der Waals surface area contributed by atoms with E-state index >= 15 is 0 Å². The highest BCUT2D eigenvalue weighted by Gasteiger charge is 2.37. The predicted octanol–water partition coefficient (Wildman–Crippen LogP) is 10.3. The molecule has 0 saturated carbocycles. The van der Waals surface area contributed by atoms with Gasteiger partial charge in [0.25, 0.3) is 11.8 Å². The molecule has 17 heteroatoms. The van der Waals surface area contributed by atoms with E-state index < -0.39 is 41.6 Å². The maximum atomic E-state index is 14.5. The minimum Gasteiger partial charge on any atom is -0.460 e. The number of amides is 5. The fourth-order valence-corrected chi connectivity index (χ4v) is 10.5. The lowest BCUT2D eigenvalue weighted by Gasteiger charge is -2.31. The number of rotatable bonds is 13. The predicted molar refractivity (Wildman–Crippen MR) is 293 cm³/mol. The molecule has 7 aromatic rings. The average Bonchev–Trinajstić information content (AvgIpc) is 4.16. The van der Waals surface area contributed by atoms with Crippen molar-refractivity contribution in [1.82, 2.24) is 20.1 Å². The molecule has 1 aliphatic carbocycles. The summed E-state index contributed by atoms with van der Waals surface area (Å²) in [5.74, 6) is -1.57. The molecule has 0 bridgehead atoms. The number of hydrogen-bond donors (Lipinski definition) is 4. The molecule has 16 nitrogen and oxygen atoms in total. The number of carbonyl (C=O) groups excluding carboxylic acids is 6. The SMILES string of the molecule is CN1CCN(C(=O)Oc2cc3c(c4ccccc24)[C@H](CCl)CN3C(=O)c2cc3cc(NC(=O)c4ccc(NC(=O)[C@H](CCC(=O)OC(C)(C)C)NC(=O)OCC5c6ccccc6-c6ccccc65)cc4)ccc3[nH]2)CC1. The van der Waals surface area contributed by atoms with Gasteiger partial charge in [0.1, 0.15) is 29.7 Å². The van der Waals surface area contributed by atoms with Crippen LogP contribution in [-0.4, -0.2) is 115 Å². The fraction of sp³-hybridized carbons (Fsp3) is 0.288. The third kappa shape index (κ3) is 11.0. The Balaban J connectivity index is 0.792. The third-order valence-electron chi connectivity index (χ3n) is 14.1. The van der Waals surface area contributed by atoms with E-state index in [1.54, 1.807) is 85.2 Å². The monoisotopic (exact) mass is 1040 g/mol. The van der Waals surface area contributed by atoms with E-state index in [2.05, 4.69) is 25.8 Å². The maximum absolute atomic E-state index is 14.5. The molecule has 4 N–H and O–H groups in total. The second kappa shape index (κ2) is 21.6. The Bertz CT molecular complexity index is 3350. The first-order valence-corrected chi connectivity index (χ1v) is 25.9. The molecule has 10 rings (SSSR count). The van der Waals surface area contributed by atoms with Gasteiger partial charge in [0.2, 0.25) is 5.91 Å². The summed E-state index contributed by atoms with van der Waals surface area (Å²) in [6.45, 7) is 8.19. The molecule has 390 valence electrons. The molecule has 0 radical (unpaired) electrons. The fourth-order valence-electron chi connectivity index (χ4n) is 10.3. The lowest BCUT2D eigenvalue weighted by molar-refractivity contribution is -0.155. The van der Waals surface area contributed by atoms with Crippen molar-refractivity contribution in [2.24, 2.45) is 0 Å². The number of ether oxygens (including phenoxy) is 3. The van der Waals surface area contributed by atoms with Crippen molar-refractivity contribution >= 4 is 86.2 Å². The Hall–Kier alpha value is -8.21. The largest absolute Gasteiger partial charge is 0.460 e. The van der Waals surface area contributed by atoms with Gasteiger partial charge in [-0.05, 0) is 116 Å². The summed E-state index contributed by atoms with van der Waals surface area (Å²) in [6, 6.07) is 37.4. The van der Waals surface area contributed by atoms with Crippen LogP contribution in [0.15, 0.2) is 127 Å². The van der Waals surface area contributed by atoms with E-state index in [0.717, 1.165) is 51.7 Å². The van der Waals surface area contributed by atoms with Crippen LogP contribution < -0.4 is 25.6 Å². The van der Waals surface area contributed by atoms with Crippen LogP contribution in [0.1, 0.15) is 83.0 Å². The van der Waals surface area contributed by atoms with Crippen molar-refractivity contribution in [3.05, 3.63) is 155 Å². The molecule has 1 aromatic heterocycles. The van der Waals surface area contributed by atoms with Crippen LogP contribution in [-0.2, 0) is 19.1 Å². The van der Waals surface area contributed by atoms with Gasteiger partial charge in [-0.1, -0.05) is 72.8 Å². The number of alkyl carbamates (subject to hydrolysis) is 1. The number of benzene rings is 6. The molecule has 5 amide bonds. The molecule has 3 heterocycles. The van der Waals surface area contributed by atoms with Crippen LogP contribution in [0.25, 0.3) is 32.8 Å². The molecule has 1 fully saturated rings. The van der Waals surface area contributed by atoms with Crippen molar-refractivity contribution < 1.29 is 43.0 Å². The van der Waals surface area contributed by atoms with E-state index in [9.17, 15) is 28.8 Å². The van der Waals surface area contributed by atoms with Gasteiger partial charge < -0.3 is 49.8 Å². The second-order valence-corrected chi connectivity index (χ2v) is 20.7. The Morgan fingerprint density at radius 1 is 0.763 bits per heavy atom. The molecule has 6 aromatic carbocycles. The summed E-state index contributed by atoms with van der Waals surface area (Å²) in [6.07, 6.45) is -1.48. The summed E-state index contributed by atoms with van der Waals surface area (Å²) in [5.41, 5.74) is 7.14. The van der Waals surface area contributed by atoms with E-state index in [1.165, 1.54) is 0 Å². The quantitative estimate of drug-likeness (QED) is 0.0638. The summed E-state index contributed by atoms with van der Waals surface area (Å²) < 4.78 is 17.3. The second-order valence-electron chi connectivity index (χ2n) is 20.4. The number of halogens is 1. The number of fused-ring (bicyclic) bond motifs is 7. The average molecular weight is 1040 g/mol. The molecular weight excluding hydrogens is 986 g/mol. The normalized spacial score (nSPS) is 15.6. The number of anilines is 3. The lowest BCUT2D eigenvalue weighted by Crippen LogP contribution is -2.48. The lowest BCUT2D eigenvalue weighted by atomic mass is 9.95. The third-order valence-corrected chi connectivity index (χ3v) is 14.4.